The molecule has 2 heterocycles. The van der Waals surface area contributed by atoms with Gasteiger partial charge in [-0.15, -0.1) is 0 Å². The molecule has 1 amide bonds. The predicted octanol–water partition coefficient (Wildman–Crippen LogP) is 1.61. The molecule has 22 heavy (non-hydrogen) atoms. The number of carbonyl (C=O) groups is 1. The van der Waals surface area contributed by atoms with E-state index in [0.29, 0.717) is 5.82 Å². The molecule has 0 spiro atoms. The van der Waals surface area contributed by atoms with Crippen LogP contribution in [0.15, 0.2) is 0 Å². The minimum Gasteiger partial charge on any atom is -0.359 e. The van der Waals surface area contributed by atoms with E-state index in [1.165, 1.54) is 0 Å². The topological polar surface area (TPSA) is 75.9 Å². The van der Waals surface area contributed by atoms with E-state index < -0.39 is 0 Å². The van der Waals surface area contributed by atoms with Crippen LogP contribution in [-0.4, -0.2) is 51.2 Å². The minimum atomic E-state index is 0.00286. The largest absolute Gasteiger partial charge is 0.359 e. The highest BCUT2D eigenvalue weighted by molar-refractivity contribution is 5.89. The van der Waals surface area contributed by atoms with Gasteiger partial charge in [-0.25, -0.2) is 9.97 Å². The van der Waals surface area contributed by atoms with Crippen molar-refractivity contribution in [1.82, 2.24) is 24.6 Å². The lowest BCUT2D eigenvalue weighted by atomic mass is 10.3. The maximum absolute atomic E-state index is 11.8. The second-order valence-corrected chi connectivity index (χ2v) is 5.48. The van der Waals surface area contributed by atoms with Crippen molar-refractivity contribution in [3.63, 3.8) is 0 Å². The van der Waals surface area contributed by atoms with Crippen LogP contribution in [0.2, 0.25) is 0 Å². The van der Waals surface area contributed by atoms with Gasteiger partial charge >= 0.3 is 0 Å². The molecule has 0 aromatic carbocycles. The van der Waals surface area contributed by atoms with Crippen molar-refractivity contribution in [3.05, 3.63) is 11.5 Å². The maximum Gasteiger partial charge on any atom is 0.241 e. The SMILES string of the molecule is CCCc1nc(NCC(=O)N(C)C)c2c(n1)c(C)nn2CC. The number of aromatic nitrogens is 4. The van der Waals surface area contributed by atoms with E-state index in [1.807, 2.05) is 18.5 Å². The van der Waals surface area contributed by atoms with Crippen LogP contribution in [-0.2, 0) is 17.8 Å². The summed E-state index contributed by atoms with van der Waals surface area (Å²) in [7, 11) is 3.48. The van der Waals surface area contributed by atoms with Gasteiger partial charge in [-0.05, 0) is 20.3 Å². The molecule has 2 rings (SSSR count). The third-order valence-electron chi connectivity index (χ3n) is 3.48. The zero-order valence-electron chi connectivity index (χ0n) is 14.0. The normalized spacial score (nSPS) is 11.0. The molecule has 0 saturated heterocycles. The van der Waals surface area contributed by atoms with Gasteiger partial charge in [0.1, 0.15) is 16.9 Å². The van der Waals surface area contributed by atoms with Crippen molar-refractivity contribution in [1.29, 1.82) is 0 Å². The number of hydrogen-bond acceptors (Lipinski definition) is 5. The Morgan fingerprint density at radius 3 is 2.59 bits per heavy atom. The number of rotatable bonds is 6. The van der Waals surface area contributed by atoms with E-state index in [1.54, 1.807) is 19.0 Å². The second kappa shape index (κ2) is 6.72. The fourth-order valence-electron chi connectivity index (χ4n) is 2.28. The Hall–Kier alpha value is -2.18. The number of nitrogens with one attached hydrogen (secondary N) is 1. The van der Waals surface area contributed by atoms with E-state index >= 15 is 0 Å². The van der Waals surface area contributed by atoms with Crippen LogP contribution in [0, 0.1) is 6.92 Å². The van der Waals surface area contributed by atoms with Crippen LogP contribution in [0.25, 0.3) is 11.0 Å². The van der Waals surface area contributed by atoms with E-state index in [9.17, 15) is 4.79 Å². The first kappa shape index (κ1) is 16.2. The lowest BCUT2D eigenvalue weighted by Gasteiger charge is -2.13. The highest BCUT2D eigenvalue weighted by Gasteiger charge is 2.16. The molecule has 0 atom stereocenters. The number of anilines is 1. The third-order valence-corrected chi connectivity index (χ3v) is 3.48. The summed E-state index contributed by atoms with van der Waals surface area (Å²) in [6, 6.07) is 0. The smallest absolute Gasteiger partial charge is 0.241 e. The Kier molecular flexibility index (Phi) is 4.95. The summed E-state index contributed by atoms with van der Waals surface area (Å²) in [5.74, 6) is 1.47. The Morgan fingerprint density at radius 2 is 2.00 bits per heavy atom. The lowest BCUT2D eigenvalue weighted by molar-refractivity contribution is -0.126. The molecular weight excluding hydrogens is 280 g/mol. The molecule has 0 aliphatic rings. The summed E-state index contributed by atoms with van der Waals surface area (Å²) in [5, 5.41) is 7.66. The van der Waals surface area contributed by atoms with Crippen molar-refractivity contribution >= 4 is 22.8 Å². The fourth-order valence-corrected chi connectivity index (χ4v) is 2.28. The van der Waals surface area contributed by atoms with E-state index in [0.717, 1.165) is 41.9 Å². The average Bonchev–Trinajstić information content (AvgIpc) is 2.81. The first-order valence-corrected chi connectivity index (χ1v) is 7.65. The molecule has 0 fully saturated rings. The Bertz CT molecular complexity index is 676. The molecule has 0 radical (unpaired) electrons. The van der Waals surface area contributed by atoms with Gasteiger partial charge in [0.05, 0.1) is 12.2 Å². The molecular formula is C15H24N6O. The number of nitrogens with zero attached hydrogens (tertiary/aromatic N) is 5. The molecule has 0 aliphatic heterocycles. The van der Waals surface area contributed by atoms with Gasteiger partial charge in [0.25, 0.3) is 0 Å². The van der Waals surface area contributed by atoms with Crippen LogP contribution in [0.3, 0.4) is 0 Å². The van der Waals surface area contributed by atoms with Crippen LogP contribution in [0.5, 0.6) is 0 Å². The van der Waals surface area contributed by atoms with Crippen LogP contribution in [0.4, 0.5) is 5.82 Å². The van der Waals surface area contributed by atoms with Gasteiger partial charge in [-0.3, -0.25) is 9.48 Å². The van der Waals surface area contributed by atoms with Crippen LogP contribution >= 0.6 is 0 Å². The zero-order chi connectivity index (χ0) is 16.3. The Morgan fingerprint density at radius 1 is 1.27 bits per heavy atom. The summed E-state index contributed by atoms with van der Waals surface area (Å²) >= 11 is 0. The highest BCUT2D eigenvalue weighted by Crippen LogP contribution is 2.23. The van der Waals surface area contributed by atoms with Crippen LogP contribution in [0.1, 0.15) is 31.8 Å². The standard InChI is InChI=1S/C15H24N6O/c1-6-8-11-17-13-10(3)19-21(7-2)14(13)15(18-11)16-9-12(22)20(4)5/h6-9H2,1-5H3,(H,16,17,18). The van der Waals surface area contributed by atoms with E-state index in [-0.39, 0.29) is 12.5 Å². The van der Waals surface area contributed by atoms with E-state index in [4.69, 9.17) is 0 Å². The second-order valence-electron chi connectivity index (χ2n) is 5.48. The lowest BCUT2D eigenvalue weighted by Crippen LogP contribution is -2.29. The zero-order valence-corrected chi connectivity index (χ0v) is 14.0. The molecule has 2 aromatic rings. The molecule has 0 unspecified atom stereocenters. The summed E-state index contributed by atoms with van der Waals surface area (Å²) in [6.07, 6.45) is 1.78. The van der Waals surface area contributed by atoms with Crippen molar-refractivity contribution in [3.8, 4) is 0 Å². The van der Waals surface area contributed by atoms with Crippen LogP contribution < -0.4 is 5.32 Å². The Labute approximate surface area is 130 Å². The summed E-state index contributed by atoms with van der Waals surface area (Å²) in [4.78, 5) is 22.6. The molecule has 120 valence electrons. The van der Waals surface area contributed by atoms with E-state index in [2.05, 4.69) is 27.3 Å². The number of amides is 1. The molecule has 0 saturated carbocycles. The summed E-state index contributed by atoms with van der Waals surface area (Å²) in [6.45, 7) is 7.01. The fraction of sp³-hybridized carbons (Fsp3) is 0.600. The van der Waals surface area contributed by atoms with Gasteiger partial charge in [0.15, 0.2) is 5.82 Å². The summed E-state index contributed by atoms with van der Waals surface area (Å²) in [5.41, 5.74) is 2.62. The van der Waals surface area contributed by atoms with Crippen molar-refractivity contribution in [2.24, 2.45) is 0 Å². The molecule has 7 nitrogen and oxygen atoms in total. The maximum atomic E-state index is 11.8. The van der Waals surface area contributed by atoms with Gasteiger partial charge < -0.3 is 10.2 Å². The third kappa shape index (κ3) is 3.18. The average molecular weight is 304 g/mol. The molecule has 2 aromatic heterocycles. The molecule has 1 N–H and O–H groups in total. The minimum absolute atomic E-state index is 0.00286. The van der Waals surface area contributed by atoms with Gasteiger partial charge in [0.2, 0.25) is 5.91 Å². The molecule has 7 heteroatoms. The molecule has 0 aliphatic carbocycles. The quantitative estimate of drug-likeness (QED) is 0.877. The first-order valence-electron chi connectivity index (χ1n) is 7.65. The van der Waals surface area contributed by atoms with Gasteiger partial charge in [-0.2, -0.15) is 5.10 Å². The number of fused-ring (bicyclic) bond motifs is 1. The monoisotopic (exact) mass is 304 g/mol. The number of likely N-dealkylation sites (N-methyl/N-ethyl adjacent to an activating group) is 1. The van der Waals surface area contributed by atoms with Gasteiger partial charge in [0, 0.05) is 27.1 Å². The molecule has 0 bridgehead atoms. The van der Waals surface area contributed by atoms with Crippen molar-refractivity contribution in [2.75, 3.05) is 26.0 Å². The highest BCUT2D eigenvalue weighted by atomic mass is 16.2. The van der Waals surface area contributed by atoms with Gasteiger partial charge in [-0.1, -0.05) is 6.92 Å². The summed E-state index contributed by atoms with van der Waals surface area (Å²) < 4.78 is 1.88. The number of aryl methyl sites for hydroxylation is 3. The van der Waals surface area contributed by atoms with Crippen molar-refractivity contribution in [2.45, 2.75) is 40.2 Å². The Balaban J connectivity index is 2.46. The first-order chi connectivity index (χ1) is 10.5. The number of hydrogen-bond donors (Lipinski definition) is 1. The number of carbonyl (C=O) groups excluding carboxylic acids is 1. The predicted molar refractivity (Wildman–Crippen MR) is 86.9 cm³/mol. The van der Waals surface area contributed by atoms with Crippen molar-refractivity contribution < 1.29 is 4.79 Å².